The Morgan fingerprint density at radius 1 is 0.978 bits per heavy atom. The van der Waals surface area contributed by atoms with Crippen molar-refractivity contribution in [2.24, 2.45) is 0 Å². The number of nitrogens with zero attached hydrogens (tertiary/aromatic N) is 4. The van der Waals surface area contributed by atoms with Gasteiger partial charge in [-0.3, -0.25) is 9.59 Å². The largest absolute Gasteiger partial charge is 0.369 e. The predicted molar refractivity (Wildman–Crippen MR) is 171 cm³/mol. The van der Waals surface area contributed by atoms with E-state index in [-0.39, 0.29) is 43.8 Å². The van der Waals surface area contributed by atoms with Crippen molar-refractivity contribution >= 4 is 40.0 Å². The number of alkyl halides is 2. The zero-order chi connectivity index (χ0) is 31.2. The number of nitrogens with one attached hydrogen (secondary N) is 3. The first kappa shape index (κ1) is 28.9. The van der Waals surface area contributed by atoms with Crippen LogP contribution in [0.1, 0.15) is 37.7 Å². The van der Waals surface area contributed by atoms with E-state index in [1.54, 1.807) is 0 Å². The summed E-state index contributed by atoms with van der Waals surface area (Å²) in [5.41, 5.74) is 4.58. The standard InChI is InChI=1S/C34H35F2N7O2/c1-2-29(44)39-25-10-15-43(20-25)26-5-3-4-23(18-26)33(11-12-33)32(45)40-24-8-6-22(7-9-24)28-19-27-30(41-28)37-21-38-31(27)42-16-13-34(35,36)14-17-42/h2-9,18-19,21,25H,1,10-17,20H2,(H,39,44)(H,40,45)(H,37,38,41)/t25-/m1/s1. The molecule has 45 heavy (non-hydrogen) atoms. The molecule has 1 saturated carbocycles. The van der Waals surface area contributed by atoms with Crippen molar-refractivity contribution in [3.05, 3.63) is 79.1 Å². The van der Waals surface area contributed by atoms with Gasteiger partial charge in [0, 0.05) is 62.1 Å². The van der Waals surface area contributed by atoms with E-state index >= 15 is 0 Å². The van der Waals surface area contributed by atoms with Gasteiger partial charge in [0.2, 0.25) is 11.8 Å². The van der Waals surface area contributed by atoms with Crippen molar-refractivity contribution in [1.29, 1.82) is 0 Å². The van der Waals surface area contributed by atoms with Gasteiger partial charge in [0.1, 0.15) is 17.8 Å². The maximum absolute atomic E-state index is 13.7. The molecular weight excluding hydrogens is 576 g/mol. The lowest BCUT2D eigenvalue weighted by atomic mass is 9.94. The van der Waals surface area contributed by atoms with Crippen LogP contribution < -0.4 is 20.4 Å². The van der Waals surface area contributed by atoms with Crippen LogP contribution in [0.4, 0.5) is 26.0 Å². The average molecular weight is 612 g/mol. The van der Waals surface area contributed by atoms with Crippen LogP contribution in [0, 0.1) is 0 Å². The number of carbonyl (C=O) groups excluding carboxylic acids is 2. The normalized spacial score (nSPS) is 20.2. The number of anilines is 3. The minimum Gasteiger partial charge on any atom is -0.369 e. The van der Waals surface area contributed by atoms with Gasteiger partial charge < -0.3 is 25.4 Å². The molecule has 2 aliphatic heterocycles. The van der Waals surface area contributed by atoms with Crippen LogP contribution in [0.25, 0.3) is 22.3 Å². The summed E-state index contributed by atoms with van der Waals surface area (Å²) in [4.78, 5) is 41.5. The number of aromatic amines is 1. The topological polar surface area (TPSA) is 106 Å². The summed E-state index contributed by atoms with van der Waals surface area (Å²) in [6.45, 7) is 5.57. The van der Waals surface area contributed by atoms with E-state index in [0.717, 1.165) is 60.2 Å². The Labute approximate surface area is 259 Å². The molecule has 11 heteroatoms. The fourth-order valence-corrected chi connectivity index (χ4v) is 6.51. The molecule has 1 atom stereocenters. The Balaban J connectivity index is 1.03. The first-order chi connectivity index (χ1) is 21.7. The molecule has 7 rings (SSSR count). The summed E-state index contributed by atoms with van der Waals surface area (Å²) in [5, 5.41) is 6.89. The lowest BCUT2D eigenvalue weighted by Crippen LogP contribution is -2.39. The maximum Gasteiger partial charge on any atom is 0.251 e. The van der Waals surface area contributed by atoms with Gasteiger partial charge in [-0.05, 0) is 66.8 Å². The predicted octanol–water partition coefficient (Wildman–Crippen LogP) is 5.41. The molecule has 2 aromatic heterocycles. The number of halogens is 2. The molecule has 0 radical (unpaired) electrons. The van der Waals surface area contributed by atoms with Crippen molar-refractivity contribution in [3.8, 4) is 11.3 Å². The molecule has 2 saturated heterocycles. The lowest BCUT2D eigenvalue weighted by molar-refractivity contribution is -0.118. The highest BCUT2D eigenvalue weighted by molar-refractivity contribution is 6.02. The molecule has 3 aliphatic rings. The molecule has 3 N–H and O–H groups in total. The lowest BCUT2D eigenvalue weighted by Gasteiger charge is -2.32. The Bertz CT molecular complexity index is 1760. The number of amides is 2. The fraction of sp³-hybridized carbons (Fsp3) is 0.353. The molecule has 1 aliphatic carbocycles. The highest BCUT2D eigenvalue weighted by Crippen LogP contribution is 2.50. The van der Waals surface area contributed by atoms with Crippen LogP contribution in [0.5, 0.6) is 0 Å². The summed E-state index contributed by atoms with van der Waals surface area (Å²) < 4.78 is 27.4. The van der Waals surface area contributed by atoms with E-state index in [2.05, 4.69) is 49.2 Å². The van der Waals surface area contributed by atoms with Gasteiger partial charge in [-0.15, -0.1) is 0 Å². The molecular formula is C34H35F2N7O2. The van der Waals surface area contributed by atoms with Crippen molar-refractivity contribution in [3.63, 3.8) is 0 Å². The average Bonchev–Trinajstić information content (AvgIpc) is 3.53. The molecule has 2 aromatic carbocycles. The summed E-state index contributed by atoms with van der Waals surface area (Å²) in [5.74, 6) is -2.16. The molecule has 0 bridgehead atoms. The van der Waals surface area contributed by atoms with Crippen molar-refractivity contribution in [2.45, 2.75) is 49.5 Å². The number of rotatable bonds is 8. The number of carbonyl (C=O) groups is 2. The van der Waals surface area contributed by atoms with Crippen molar-refractivity contribution < 1.29 is 18.4 Å². The van der Waals surface area contributed by atoms with E-state index in [9.17, 15) is 18.4 Å². The molecule has 232 valence electrons. The molecule has 3 fully saturated rings. The second kappa shape index (κ2) is 11.3. The van der Waals surface area contributed by atoms with Crippen LogP contribution in [0.2, 0.25) is 0 Å². The Morgan fingerprint density at radius 2 is 1.76 bits per heavy atom. The van der Waals surface area contributed by atoms with E-state index in [1.807, 2.05) is 47.4 Å². The third-order valence-electron chi connectivity index (χ3n) is 9.32. The Kier molecular flexibility index (Phi) is 7.26. The van der Waals surface area contributed by atoms with Crippen LogP contribution in [0.3, 0.4) is 0 Å². The monoisotopic (exact) mass is 611 g/mol. The second-order valence-corrected chi connectivity index (χ2v) is 12.3. The molecule has 2 amide bonds. The Morgan fingerprint density at radius 3 is 2.49 bits per heavy atom. The number of aromatic nitrogens is 3. The van der Waals surface area contributed by atoms with Crippen LogP contribution in [-0.2, 0) is 15.0 Å². The summed E-state index contributed by atoms with van der Waals surface area (Å²) in [6, 6.07) is 17.8. The van der Waals surface area contributed by atoms with Gasteiger partial charge in [-0.1, -0.05) is 30.8 Å². The third-order valence-corrected chi connectivity index (χ3v) is 9.32. The van der Waals surface area contributed by atoms with Gasteiger partial charge >= 0.3 is 0 Å². The highest BCUT2D eigenvalue weighted by atomic mass is 19.3. The smallest absolute Gasteiger partial charge is 0.251 e. The summed E-state index contributed by atoms with van der Waals surface area (Å²) in [6.07, 6.45) is 4.80. The summed E-state index contributed by atoms with van der Waals surface area (Å²) in [7, 11) is 0. The van der Waals surface area contributed by atoms with Crippen molar-refractivity contribution in [2.75, 3.05) is 41.3 Å². The SMILES string of the molecule is C=CC(=O)N[C@@H]1CCN(c2cccc(C3(C(=O)Nc4ccc(-c5cc6c(N7CCC(F)(F)CC7)ncnc6[nH]5)cc4)CC3)c2)C1. The molecule has 0 spiro atoms. The Hall–Kier alpha value is -4.80. The second-order valence-electron chi connectivity index (χ2n) is 12.3. The first-order valence-electron chi connectivity index (χ1n) is 15.4. The van der Waals surface area contributed by atoms with Gasteiger partial charge in [0.05, 0.1) is 10.8 Å². The molecule has 0 unspecified atom stereocenters. The quantitative estimate of drug-likeness (QED) is 0.230. The number of benzene rings is 2. The van der Waals surface area contributed by atoms with Crippen LogP contribution in [-0.4, -0.2) is 64.9 Å². The minimum absolute atomic E-state index is 0.0254. The third kappa shape index (κ3) is 5.74. The maximum atomic E-state index is 13.7. The minimum atomic E-state index is -2.63. The molecule has 4 heterocycles. The van der Waals surface area contributed by atoms with E-state index in [1.165, 1.54) is 12.4 Å². The van der Waals surface area contributed by atoms with E-state index in [4.69, 9.17) is 0 Å². The number of piperidine rings is 1. The van der Waals surface area contributed by atoms with E-state index in [0.29, 0.717) is 17.2 Å². The van der Waals surface area contributed by atoms with Crippen LogP contribution >= 0.6 is 0 Å². The van der Waals surface area contributed by atoms with Gasteiger partial charge in [0.15, 0.2) is 0 Å². The van der Waals surface area contributed by atoms with Gasteiger partial charge in [-0.25, -0.2) is 18.7 Å². The molecule has 9 nitrogen and oxygen atoms in total. The highest BCUT2D eigenvalue weighted by Gasteiger charge is 2.51. The zero-order valence-corrected chi connectivity index (χ0v) is 24.9. The fourth-order valence-electron chi connectivity index (χ4n) is 6.51. The number of fused-ring (bicyclic) bond motifs is 1. The summed E-state index contributed by atoms with van der Waals surface area (Å²) >= 11 is 0. The number of hydrogen-bond acceptors (Lipinski definition) is 6. The van der Waals surface area contributed by atoms with Gasteiger partial charge in [-0.2, -0.15) is 0 Å². The number of hydrogen-bond donors (Lipinski definition) is 3. The zero-order valence-electron chi connectivity index (χ0n) is 24.9. The van der Waals surface area contributed by atoms with Crippen molar-refractivity contribution in [1.82, 2.24) is 20.3 Å². The van der Waals surface area contributed by atoms with Crippen LogP contribution in [0.15, 0.2) is 73.6 Å². The van der Waals surface area contributed by atoms with Gasteiger partial charge in [0.25, 0.3) is 5.92 Å². The van der Waals surface area contributed by atoms with E-state index < -0.39 is 11.3 Å². The molecule has 4 aromatic rings. The number of H-pyrrole nitrogens is 1. The first-order valence-corrected chi connectivity index (χ1v) is 15.4.